The number of hydrogen-bond acceptors (Lipinski definition) is 2. The smallest absolute Gasteiger partial charge is 0.303 e. The molecular formula is C18H28O3. The van der Waals surface area contributed by atoms with Crippen LogP contribution in [-0.4, -0.2) is 16.2 Å². The predicted octanol–water partition coefficient (Wildman–Crippen LogP) is 4.39. The highest BCUT2D eigenvalue weighted by molar-refractivity contribution is 5.66. The van der Waals surface area contributed by atoms with Gasteiger partial charge in [0.2, 0.25) is 0 Å². The van der Waals surface area contributed by atoms with Crippen LogP contribution in [0.4, 0.5) is 0 Å². The third-order valence-electron chi connectivity index (χ3n) is 3.67. The van der Waals surface area contributed by atoms with Crippen LogP contribution in [0.3, 0.4) is 0 Å². The first-order valence-electron chi connectivity index (χ1n) is 7.51. The number of rotatable bonds is 4. The van der Waals surface area contributed by atoms with Gasteiger partial charge in [-0.1, -0.05) is 41.5 Å². The van der Waals surface area contributed by atoms with Gasteiger partial charge in [0, 0.05) is 6.42 Å². The lowest BCUT2D eigenvalue weighted by Crippen LogP contribution is -2.21. The van der Waals surface area contributed by atoms with E-state index in [0.717, 1.165) is 17.5 Å². The largest absolute Gasteiger partial charge is 0.508 e. The summed E-state index contributed by atoms with van der Waals surface area (Å²) >= 11 is 0. The van der Waals surface area contributed by atoms with Crippen LogP contribution in [0.1, 0.15) is 71.1 Å². The van der Waals surface area contributed by atoms with Crippen LogP contribution in [0.25, 0.3) is 0 Å². The number of phenolic OH excluding ortho intramolecular Hbond substituents is 1. The van der Waals surface area contributed by atoms with E-state index in [9.17, 15) is 9.90 Å². The van der Waals surface area contributed by atoms with Crippen molar-refractivity contribution in [3.8, 4) is 5.75 Å². The Morgan fingerprint density at radius 3 is 1.76 bits per heavy atom. The van der Waals surface area contributed by atoms with Gasteiger partial charge in [-0.05, 0) is 52.5 Å². The molecule has 0 amide bonds. The van der Waals surface area contributed by atoms with Gasteiger partial charge >= 0.3 is 5.97 Å². The van der Waals surface area contributed by atoms with E-state index in [0.29, 0.717) is 6.42 Å². The maximum atomic E-state index is 10.8. The fraction of sp³-hybridized carbons (Fsp3) is 0.611. The zero-order valence-corrected chi connectivity index (χ0v) is 14.1. The third-order valence-corrected chi connectivity index (χ3v) is 3.67. The molecule has 0 bridgehead atoms. The topological polar surface area (TPSA) is 57.5 Å². The quantitative estimate of drug-likeness (QED) is 0.865. The first-order chi connectivity index (χ1) is 9.43. The van der Waals surface area contributed by atoms with E-state index in [1.165, 1.54) is 5.56 Å². The molecule has 0 aliphatic heterocycles. The van der Waals surface area contributed by atoms with E-state index in [4.69, 9.17) is 5.11 Å². The molecule has 0 radical (unpaired) electrons. The van der Waals surface area contributed by atoms with Crippen molar-refractivity contribution in [1.29, 1.82) is 0 Å². The number of carboxylic acid groups (broad SMARTS) is 1. The number of aliphatic carboxylic acids is 1. The van der Waals surface area contributed by atoms with Crippen LogP contribution in [0.2, 0.25) is 0 Å². The Hall–Kier alpha value is -1.51. The van der Waals surface area contributed by atoms with Crippen LogP contribution < -0.4 is 0 Å². The number of hydrogen-bond donors (Lipinski definition) is 2. The highest BCUT2D eigenvalue weighted by atomic mass is 16.4. The molecule has 1 aromatic rings. The second-order valence-corrected chi connectivity index (χ2v) is 7.77. The molecule has 0 atom stereocenters. The molecular weight excluding hydrogens is 264 g/mol. The number of phenols is 1. The van der Waals surface area contributed by atoms with E-state index in [1.54, 1.807) is 0 Å². The minimum atomic E-state index is -0.761. The van der Waals surface area contributed by atoms with E-state index in [1.807, 2.05) is 12.1 Å². The van der Waals surface area contributed by atoms with Gasteiger partial charge in [0.25, 0.3) is 0 Å². The first-order valence-corrected chi connectivity index (χ1v) is 7.51. The molecule has 3 heteroatoms. The lowest BCUT2D eigenvalue weighted by Gasteiger charge is -2.30. The number of aromatic hydroxyl groups is 1. The molecule has 0 spiro atoms. The standard InChI is InChI=1S/C18H28O3/c1-17(2,3)14-10-12(19)11-15(18(4,5)6)13(14)8-7-9-16(20)21/h10-11,19H,7-9H2,1-6H3,(H,20,21). The van der Waals surface area contributed by atoms with Crippen molar-refractivity contribution in [2.45, 2.75) is 71.6 Å². The van der Waals surface area contributed by atoms with E-state index >= 15 is 0 Å². The molecule has 3 nitrogen and oxygen atoms in total. The van der Waals surface area contributed by atoms with Crippen molar-refractivity contribution in [1.82, 2.24) is 0 Å². The fourth-order valence-corrected chi connectivity index (χ4v) is 2.68. The number of benzene rings is 1. The molecule has 0 unspecified atom stereocenters. The molecule has 0 saturated heterocycles. The van der Waals surface area contributed by atoms with E-state index in [-0.39, 0.29) is 23.0 Å². The number of carbonyl (C=O) groups is 1. The van der Waals surface area contributed by atoms with Crippen molar-refractivity contribution in [3.05, 3.63) is 28.8 Å². The summed E-state index contributed by atoms with van der Waals surface area (Å²) < 4.78 is 0. The van der Waals surface area contributed by atoms with Gasteiger partial charge in [-0.15, -0.1) is 0 Å². The van der Waals surface area contributed by atoms with Crippen molar-refractivity contribution in [3.63, 3.8) is 0 Å². The number of carboxylic acids is 1. The van der Waals surface area contributed by atoms with E-state index < -0.39 is 5.97 Å². The summed E-state index contributed by atoms with van der Waals surface area (Å²) in [5.41, 5.74) is 3.24. The van der Waals surface area contributed by atoms with Gasteiger partial charge in [0.15, 0.2) is 0 Å². The molecule has 0 saturated carbocycles. The Bertz CT molecular complexity index is 481. The Kier molecular flexibility index (Phi) is 5.08. The summed E-state index contributed by atoms with van der Waals surface area (Å²) in [6.45, 7) is 12.7. The highest BCUT2D eigenvalue weighted by Crippen LogP contribution is 2.37. The van der Waals surface area contributed by atoms with Gasteiger partial charge in [-0.25, -0.2) is 0 Å². The van der Waals surface area contributed by atoms with Crippen molar-refractivity contribution >= 4 is 5.97 Å². The summed E-state index contributed by atoms with van der Waals surface area (Å²) in [5, 5.41) is 18.9. The Morgan fingerprint density at radius 2 is 1.43 bits per heavy atom. The molecule has 1 rings (SSSR count). The fourth-order valence-electron chi connectivity index (χ4n) is 2.68. The molecule has 0 aliphatic carbocycles. The lowest BCUT2D eigenvalue weighted by molar-refractivity contribution is -0.137. The maximum absolute atomic E-state index is 10.8. The minimum Gasteiger partial charge on any atom is -0.508 e. The molecule has 0 heterocycles. The summed E-state index contributed by atoms with van der Waals surface area (Å²) in [6, 6.07) is 3.65. The summed E-state index contributed by atoms with van der Waals surface area (Å²) in [7, 11) is 0. The maximum Gasteiger partial charge on any atom is 0.303 e. The summed E-state index contributed by atoms with van der Waals surface area (Å²) in [4.78, 5) is 10.8. The Morgan fingerprint density at radius 1 is 1.00 bits per heavy atom. The molecule has 1 aromatic carbocycles. The average molecular weight is 292 g/mol. The molecule has 118 valence electrons. The molecule has 0 fully saturated rings. The summed E-state index contributed by atoms with van der Waals surface area (Å²) in [5.74, 6) is -0.477. The van der Waals surface area contributed by atoms with E-state index in [2.05, 4.69) is 41.5 Å². The van der Waals surface area contributed by atoms with Crippen molar-refractivity contribution < 1.29 is 15.0 Å². The Balaban J connectivity index is 3.36. The zero-order chi connectivity index (χ0) is 16.4. The van der Waals surface area contributed by atoms with Crippen molar-refractivity contribution in [2.24, 2.45) is 0 Å². The molecule has 0 aromatic heterocycles. The van der Waals surface area contributed by atoms with Crippen LogP contribution >= 0.6 is 0 Å². The van der Waals surface area contributed by atoms with Gasteiger partial charge < -0.3 is 10.2 Å². The van der Waals surface area contributed by atoms with Crippen LogP contribution in [0.5, 0.6) is 5.75 Å². The second-order valence-electron chi connectivity index (χ2n) is 7.77. The second kappa shape index (κ2) is 6.08. The van der Waals surface area contributed by atoms with Crippen LogP contribution in [-0.2, 0) is 22.0 Å². The van der Waals surface area contributed by atoms with Gasteiger partial charge in [0.1, 0.15) is 5.75 Å². The monoisotopic (exact) mass is 292 g/mol. The predicted molar refractivity (Wildman–Crippen MR) is 86.1 cm³/mol. The van der Waals surface area contributed by atoms with Gasteiger partial charge in [-0.2, -0.15) is 0 Å². The van der Waals surface area contributed by atoms with Crippen LogP contribution in [0.15, 0.2) is 12.1 Å². The highest BCUT2D eigenvalue weighted by Gasteiger charge is 2.26. The molecule has 2 N–H and O–H groups in total. The summed E-state index contributed by atoms with van der Waals surface area (Å²) in [6.07, 6.45) is 1.52. The zero-order valence-electron chi connectivity index (χ0n) is 14.1. The molecule has 0 aliphatic rings. The Labute approximate surface area is 128 Å². The average Bonchev–Trinajstić information content (AvgIpc) is 2.27. The normalized spacial score (nSPS) is 12.5. The van der Waals surface area contributed by atoms with Gasteiger partial charge in [-0.3, -0.25) is 4.79 Å². The third kappa shape index (κ3) is 4.76. The molecule has 21 heavy (non-hydrogen) atoms. The first kappa shape index (κ1) is 17.5. The minimum absolute atomic E-state index is 0.0860. The lowest BCUT2D eigenvalue weighted by atomic mass is 9.75. The SMILES string of the molecule is CC(C)(C)c1cc(O)cc(C(C)(C)C)c1CCCC(=O)O. The van der Waals surface area contributed by atoms with Crippen LogP contribution in [0, 0.1) is 0 Å². The van der Waals surface area contributed by atoms with Gasteiger partial charge in [0.05, 0.1) is 0 Å². The van der Waals surface area contributed by atoms with Crippen molar-refractivity contribution in [2.75, 3.05) is 0 Å².